The highest BCUT2D eigenvalue weighted by Gasteiger charge is 2.17. The Morgan fingerprint density at radius 1 is 0.688 bits per heavy atom. The second-order valence-electron chi connectivity index (χ2n) is 10.5. The average molecular weight is 425 g/mol. The standard InChI is InChI=1S/C30H36N2/c1-17(2)9-23-15-24(10-18(3)4)28-26(16-23)21(7)14-27-29(31-22(8)32-30(27)28)25-12-19(5)11-20(6)13-25/h11-18H,9-10H2,1-8H3. The van der Waals surface area contributed by atoms with Crippen molar-refractivity contribution in [2.24, 2.45) is 11.8 Å². The molecule has 2 heteroatoms. The van der Waals surface area contributed by atoms with Gasteiger partial charge < -0.3 is 0 Å². The molecule has 0 aliphatic heterocycles. The first-order valence-corrected chi connectivity index (χ1v) is 11.9. The predicted molar refractivity (Wildman–Crippen MR) is 139 cm³/mol. The summed E-state index contributed by atoms with van der Waals surface area (Å²) >= 11 is 0. The number of rotatable bonds is 5. The van der Waals surface area contributed by atoms with Crippen LogP contribution in [0, 0.1) is 39.5 Å². The zero-order valence-corrected chi connectivity index (χ0v) is 20.9. The smallest absolute Gasteiger partial charge is 0.126 e. The van der Waals surface area contributed by atoms with Crippen molar-refractivity contribution in [2.75, 3.05) is 0 Å². The number of aryl methyl sites for hydroxylation is 4. The molecule has 3 aromatic carbocycles. The second-order valence-corrected chi connectivity index (χ2v) is 10.5. The lowest BCUT2D eigenvalue weighted by molar-refractivity contribution is 0.638. The molecule has 1 heterocycles. The van der Waals surface area contributed by atoms with E-state index in [1.54, 1.807) is 0 Å². The molecule has 1 aromatic heterocycles. The molecule has 0 fully saturated rings. The Balaban J connectivity index is 2.11. The molecular formula is C30H36N2. The third-order valence-electron chi connectivity index (χ3n) is 6.13. The van der Waals surface area contributed by atoms with E-state index in [9.17, 15) is 0 Å². The largest absolute Gasteiger partial charge is 0.233 e. The van der Waals surface area contributed by atoms with Crippen molar-refractivity contribution >= 4 is 21.7 Å². The molecule has 2 nitrogen and oxygen atoms in total. The first-order chi connectivity index (χ1) is 15.1. The average Bonchev–Trinajstić information content (AvgIpc) is 2.66. The van der Waals surface area contributed by atoms with E-state index >= 15 is 0 Å². The van der Waals surface area contributed by atoms with Crippen LogP contribution in [0.4, 0.5) is 0 Å². The molecule has 0 radical (unpaired) electrons. The molecule has 0 aliphatic rings. The highest BCUT2D eigenvalue weighted by Crippen LogP contribution is 2.37. The summed E-state index contributed by atoms with van der Waals surface area (Å²) in [5, 5.41) is 3.82. The zero-order valence-electron chi connectivity index (χ0n) is 20.9. The van der Waals surface area contributed by atoms with Crippen molar-refractivity contribution in [3.63, 3.8) is 0 Å². The van der Waals surface area contributed by atoms with Crippen molar-refractivity contribution in [3.05, 3.63) is 70.0 Å². The van der Waals surface area contributed by atoms with Gasteiger partial charge in [0.1, 0.15) is 5.82 Å². The van der Waals surface area contributed by atoms with E-state index in [4.69, 9.17) is 9.97 Å². The van der Waals surface area contributed by atoms with Gasteiger partial charge in [0.15, 0.2) is 0 Å². The molecule has 0 N–H and O–H groups in total. The minimum absolute atomic E-state index is 0.588. The van der Waals surface area contributed by atoms with E-state index < -0.39 is 0 Å². The molecule has 0 spiro atoms. The van der Waals surface area contributed by atoms with Crippen molar-refractivity contribution in [1.29, 1.82) is 0 Å². The summed E-state index contributed by atoms with van der Waals surface area (Å²) in [5.41, 5.74) is 10.0. The fraction of sp³-hybridized carbons (Fsp3) is 0.400. The fourth-order valence-corrected chi connectivity index (χ4v) is 5.08. The Kier molecular flexibility index (Phi) is 6.07. The molecule has 32 heavy (non-hydrogen) atoms. The SMILES string of the molecule is Cc1cc(C)cc(-c2nc(C)nc3c2cc(C)c2cc(CC(C)C)cc(CC(C)C)c23)c1. The van der Waals surface area contributed by atoms with Crippen LogP contribution in [0.1, 0.15) is 61.3 Å². The maximum absolute atomic E-state index is 5.02. The van der Waals surface area contributed by atoms with Crippen molar-refractivity contribution in [3.8, 4) is 11.3 Å². The summed E-state index contributed by atoms with van der Waals surface area (Å²) in [6, 6.07) is 13.9. The molecule has 4 rings (SSSR count). The Hall–Kier alpha value is -2.74. The van der Waals surface area contributed by atoms with Gasteiger partial charge >= 0.3 is 0 Å². The Labute approximate surface area is 193 Å². The van der Waals surface area contributed by atoms with Crippen LogP contribution in [0.3, 0.4) is 0 Å². The molecule has 0 saturated heterocycles. The third kappa shape index (κ3) is 4.41. The quantitative estimate of drug-likeness (QED) is 0.303. The number of hydrogen-bond acceptors (Lipinski definition) is 2. The number of aromatic nitrogens is 2. The number of nitrogens with zero attached hydrogens (tertiary/aromatic N) is 2. The van der Waals surface area contributed by atoms with Gasteiger partial charge in [-0.15, -0.1) is 0 Å². The highest BCUT2D eigenvalue weighted by molar-refractivity contribution is 6.12. The lowest BCUT2D eigenvalue weighted by Crippen LogP contribution is -2.03. The zero-order chi connectivity index (χ0) is 23.2. The van der Waals surface area contributed by atoms with Crippen LogP contribution < -0.4 is 0 Å². The van der Waals surface area contributed by atoms with Gasteiger partial charge in [0.25, 0.3) is 0 Å². The van der Waals surface area contributed by atoms with Gasteiger partial charge in [-0.3, -0.25) is 0 Å². The van der Waals surface area contributed by atoms with E-state index in [0.29, 0.717) is 11.8 Å². The van der Waals surface area contributed by atoms with Crippen LogP contribution >= 0.6 is 0 Å². The minimum atomic E-state index is 0.588. The van der Waals surface area contributed by atoms with Gasteiger partial charge in [0.05, 0.1) is 11.2 Å². The molecular weight excluding hydrogens is 388 g/mol. The van der Waals surface area contributed by atoms with Gasteiger partial charge in [-0.05, 0) is 92.6 Å². The third-order valence-corrected chi connectivity index (χ3v) is 6.13. The summed E-state index contributed by atoms with van der Waals surface area (Å²) in [7, 11) is 0. The minimum Gasteiger partial charge on any atom is -0.233 e. The molecule has 0 aliphatic carbocycles. The van der Waals surface area contributed by atoms with Gasteiger partial charge in [0.2, 0.25) is 0 Å². The van der Waals surface area contributed by atoms with E-state index in [0.717, 1.165) is 35.3 Å². The monoisotopic (exact) mass is 424 g/mol. The van der Waals surface area contributed by atoms with Gasteiger partial charge in [-0.1, -0.05) is 57.0 Å². The first-order valence-electron chi connectivity index (χ1n) is 11.9. The summed E-state index contributed by atoms with van der Waals surface area (Å²) in [6.07, 6.45) is 2.16. The topological polar surface area (TPSA) is 25.8 Å². The van der Waals surface area contributed by atoms with E-state index in [-0.39, 0.29) is 0 Å². The normalized spacial score (nSPS) is 11.9. The summed E-state index contributed by atoms with van der Waals surface area (Å²) in [5.74, 6) is 2.06. The van der Waals surface area contributed by atoms with Gasteiger partial charge in [-0.2, -0.15) is 0 Å². The van der Waals surface area contributed by atoms with Crippen LogP contribution in [-0.4, -0.2) is 9.97 Å². The van der Waals surface area contributed by atoms with Gasteiger partial charge in [0, 0.05) is 16.3 Å². The lowest BCUT2D eigenvalue weighted by Gasteiger charge is -2.18. The molecule has 0 unspecified atom stereocenters. The number of benzene rings is 3. The van der Waals surface area contributed by atoms with Crippen LogP contribution in [0.2, 0.25) is 0 Å². The maximum Gasteiger partial charge on any atom is 0.126 e. The second kappa shape index (κ2) is 8.65. The van der Waals surface area contributed by atoms with Gasteiger partial charge in [-0.25, -0.2) is 9.97 Å². The molecule has 0 saturated carbocycles. The summed E-state index contributed by atoms with van der Waals surface area (Å²) in [4.78, 5) is 9.96. The molecule has 4 aromatic rings. The number of fused-ring (bicyclic) bond motifs is 3. The van der Waals surface area contributed by atoms with E-state index in [2.05, 4.69) is 84.9 Å². The summed E-state index contributed by atoms with van der Waals surface area (Å²) in [6.45, 7) is 17.8. The van der Waals surface area contributed by atoms with Crippen LogP contribution in [0.25, 0.3) is 32.9 Å². The number of hydrogen-bond donors (Lipinski definition) is 0. The van der Waals surface area contributed by atoms with E-state index in [1.165, 1.54) is 44.2 Å². The first kappa shape index (κ1) is 22.5. The molecule has 166 valence electrons. The molecule has 0 atom stereocenters. The lowest BCUT2D eigenvalue weighted by atomic mass is 9.88. The van der Waals surface area contributed by atoms with E-state index in [1.807, 2.05) is 6.92 Å². The highest BCUT2D eigenvalue weighted by atomic mass is 14.9. The van der Waals surface area contributed by atoms with Crippen molar-refractivity contribution in [1.82, 2.24) is 9.97 Å². The van der Waals surface area contributed by atoms with Crippen molar-refractivity contribution < 1.29 is 0 Å². The predicted octanol–water partition coefficient (Wildman–Crippen LogP) is 8.08. The van der Waals surface area contributed by atoms with Crippen LogP contribution in [-0.2, 0) is 12.8 Å². The molecule has 0 amide bonds. The van der Waals surface area contributed by atoms with Crippen LogP contribution in [0.5, 0.6) is 0 Å². The molecule has 0 bridgehead atoms. The Morgan fingerprint density at radius 3 is 1.97 bits per heavy atom. The van der Waals surface area contributed by atoms with Crippen LogP contribution in [0.15, 0.2) is 36.4 Å². The Morgan fingerprint density at radius 2 is 1.34 bits per heavy atom. The van der Waals surface area contributed by atoms with Crippen molar-refractivity contribution in [2.45, 2.75) is 68.2 Å². The maximum atomic E-state index is 5.02. The fourth-order valence-electron chi connectivity index (χ4n) is 5.08. The Bertz CT molecular complexity index is 1290. The summed E-state index contributed by atoms with van der Waals surface area (Å²) < 4.78 is 0.